The fourth-order valence-electron chi connectivity index (χ4n) is 2.75. The zero-order valence-electron chi connectivity index (χ0n) is 12.9. The lowest BCUT2D eigenvalue weighted by atomic mass is 10.0. The van der Waals surface area contributed by atoms with Crippen molar-refractivity contribution in [2.24, 2.45) is 0 Å². The number of furan rings is 1. The van der Waals surface area contributed by atoms with Crippen LogP contribution in [0.3, 0.4) is 0 Å². The maximum atomic E-state index is 6.11. The highest BCUT2D eigenvalue weighted by molar-refractivity contribution is 7.98. The van der Waals surface area contributed by atoms with Gasteiger partial charge in [0.05, 0.1) is 6.04 Å². The van der Waals surface area contributed by atoms with Crippen molar-refractivity contribution in [1.29, 1.82) is 0 Å². The zero-order chi connectivity index (χ0) is 14.5. The molecule has 1 N–H and O–H groups in total. The van der Waals surface area contributed by atoms with E-state index < -0.39 is 0 Å². The van der Waals surface area contributed by atoms with Gasteiger partial charge in [0.15, 0.2) is 0 Å². The van der Waals surface area contributed by atoms with Crippen LogP contribution < -0.4 is 5.32 Å². The summed E-state index contributed by atoms with van der Waals surface area (Å²) in [5, 5.41) is 4.97. The van der Waals surface area contributed by atoms with E-state index >= 15 is 0 Å². The Hall–Kier alpha value is -0.930. The maximum Gasteiger partial charge on any atom is 0.134 e. The highest BCUT2D eigenvalue weighted by Crippen LogP contribution is 2.30. The minimum absolute atomic E-state index is 0.259. The van der Waals surface area contributed by atoms with Crippen molar-refractivity contribution in [3.8, 4) is 0 Å². The topological polar surface area (TPSA) is 25.2 Å². The third-order valence-corrected chi connectivity index (χ3v) is 4.56. The molecule has 1 heterocycles. The fourth-order valence-corrected chi connectivity index (χ4v) is 3.48. The smallest absolute Gasteiger partial charge is 0.134 e. The monoisotopic (exact) mass is 291 g/mol. The van der Waals surface area contributed by atoms with Crippen molar-refractivity contribution in [2.75, 3.05) is 12.0 Å². The van der Waals surface area contributed by atoms with Crippen molar-refractivity contribution >= 4 is 22.7 Å². The Morgan fingerprint density at radius 1 is 1.25 bits per heavy atom. The van der Waals surface area contributed by atoms with Crippen molar-refractivity contribution in [2.45, 2.75) is 45.7 Å². The number of benzene rings is 1. The third kappa shape index (κ3) is 3.21. The Bertz CT molecular complexity index is 549. The molecular weight excluding hydrogens is 266 g/mol. The molecule has 2 aromatic rings. The van der Waals surface area contributed by atoms with Gasteiger partial charge in [-0.15, -0.1) is 0 Å². The molecule has 20 heavy (non-hydrogen) atoms. The number of aryl methyl sites for hydroxylation is 1. The average Bonchev–Trinajstić information content (AvgIpc) is 2.85. The summed E-state index contributed by atoms with van der Waals surface area (Å²) in [6, 6.07) is 9.14. The molecule has 1 aromatic heterocycles. The second kappa shape index (κ2) is 7.19. The number of rotatable bonds is 7. The predicted octanol–water partition coefficient (Wildman–Crippen LogP) is 4.79. The Morgan fingerprint density at radius 3 is 2.65 bits per heavy atom. The molecule has 0 aliphatic rings. The number of thioether (sulfide) groups is 1. The van der Waals surface area contributed by atoms with Crippen molar-refractivity contribution in [1.82, 2.24) is 5.32 Å². The van der Waals surface area contributed by atoms with Crippen LogP contribution in [-0.4, -0.2) is 18.1 Å². The normalized spacial score (nSPS) is 14.6. The van der Waals surface area contributed by atoms with Gasteiger partial charge in [-0.25, -0.2) is 0 Å². The lowest BCUT2D eigenvalue weighted by Crippen LogP contribution is -2.33. The van der Waals surface area contributed by atoms with Gasteiger partial charge in [0.1, 0.15) is 11.3 Å². The van der Waals surface area contributed by atoms with Crippen LogP contribution in [0.2, 0.25) is 0 Å². The van der Waals surface area contributed by atoms with E-state index in [1.54, 1.807) is 0 Å². The Balaban J connectivity index is 2.27. The highest BCUT2D eigenvalue weighted by Gasteiger charge is 2.20. The first-order chi connectivity index (χ1) is 9.71. The van der Waals surface area contributed by atoms with Gasteiger partial charge in [-0.1, -0.05) is 32.0 Å². The molecule has 0 saturated heterocycles. The summed E-state index contributed by atoms with van der Waals surface area (Å²) < 4.78 is 6.11. The molecule has 0 amide bonds. The van der Waals surface area contributed by atoms with Crippen LogP contribution in [-0.2, 0) is 6.42 Å². The highest BCUT2D eigenvalue weighted by atomic mass is 32.2. The quantitative estimate of drug-likeness (QED) is 0.794. The molecule has 0 bridgehead atoms. The Morgan fingerprint density at radius 2 is 2.00 bits per heavy atom. The molecule has 2 nitrogen and oxygen atoms in total. The summed E-state index contributed by atoms with van der Waals surface area (Å²) >= 11 is 1.89. The molecule has 2 atom stereocenters. The average molecular weight is 291 g/mol. The second-order valence-electron chi connectivity index (χ2n) is 5.24. The molecule has 2 rings (SSSR count). The summed E-state index contributed by atoms with van der Waals surface area (Å²) in [5.74, 6) is 2.25. The van der Waals surface area contributed by atoms with Crippen LogP contribution in [0, 0.1) is 0 Å². The van der Waals surface area contributed by atoms with Crippen LogP contribution in [0.1, 0.15) is 44.6 Å². The number of hydrogen-bond donors (Lipinski definition) is 1. The van der Waals surface area contributed by atoms with E-state index in [-0.39, 0.29) is 6.04 Å². The van der Waals surface area contributed by atoms with Crippen LogP contribution in [0.15, 0.2) is 28.7 Å². The van der Waals surface area contributed by atoms with Gasteiger partial charge in [-0.05, 0) is 32.1 Å². The molecule has 0 fully saturated rings. The lowest BCUT2D eigenvalue weighted by Gasteiger charge is -2.21. The SMILES string of the molecule is CCc1c(C(C)NC(CC)CSC)oc2ccccc12. The molecular formula is C17H25NOS. The van der Waals surface area contributed by atoms with Gasteiger partial charge >= 0.3 is 0 Å². The van der Waals surface area contributed by atoms with Crippen LogP contribution >= 0.6 is 11.8 Å². The molecule has 0 radical (unpaired) electrons. The summed E-state index contributed by atoms with van der Waals surface area (Å²) in [5.41, 5.74) is 2.35. The predicted molar refractivity (Wildman–Crippen MR) is 89.6 cm³/mol. The summed E-state index contributed by atoms with van der Waals surface area (Å²) in [6.07, 6.45) is 4.32. The van der Waals surface area contributed by atoms with Gasteiger partial charge in [0.25, 0.3) is 0 Å². The summed E-state index contributed by atoms with van der Waals surface area (Å²) in [6.45, 7) is 6.65. The van der Waals surface area contributed by atoms with E-state index in [1.165, 1.54) is 10.9 Å². The van der Waals surface area contributed by atoms with E-state index in [0.29, 0.717) is 6.04 Å². The van der Waals surface area contributed by atoms with E-state index in [1.807, 2.05) is 17.8 Å². The first-order valence-electron chi connectivity index (χ1n) is 7.46. The van der Waals surface area contributed by atoms with E-state index in [4.69, 9.17) is 4.42 Å². The molecule has 110 valence electrons. The van der Waals surface area contributed by atoms with E-state index in [9.17, 15) is 0 Å². The minimum atomic E-state index is 0.259. The standard InChI is InChI=1S/C17H25NOS/c1-5-13(11-20-4)18-12(3)17-14(6-2)15-9-7-8-10-16(15)19-17/h7-10,12-13,18H,5-6,11H2,1-4H3. The van der Waals surface area contributed by atoms with Crippen molar-refractivity contribution in [3.05, 3.63) is 35.6 Å². The van der Waals surface area contributed by atoms with Crippen LogP contribution in [0.4, 0.5) is 0 Å². The zero-order valence-corrected chi connectivity index (χ0v) is 13.7. The lowest BCUT2D eigenvalue weighted by molar-refractivity contribution is 0.406. The minimum Gasteiger partial charge on any atom is -0.459 e. The van der Waals surface area contributed by atoms with E-state index in [0.717, 1.165) is 29.9 Å². The number of hydrogen-bond acceptors (Lipinski definition) is 3. The molecule has 0 aliphatic heterocycles. The first-order valence-corrected chi connectivity index (χ1v) is 8.85. The molecule has 0 aliphatic carbocycles. The molecule has 0 spiro atoms. The molecule has 1 aromatic carbocycles. The number of fused-ring (bicyclic) bond motifs is 1. The first kappa shape index (κ1) is 15.5. The number of nitrogens with one attached hydrogen (secondary N) is 1. The van der Waals surface area contributed by atoms with Gasteiger partial charge < -0.3 is 9.73 Å². The second-order valence-corrected chi connectivity index (χ2v) is 6.15. The van der Waals surface area contributed by atoms with Crippen LogP contribution in [0.5, 0.6) is 0 Å². The van der Waals surface area contributed by atoms with Gasteiger partial charge in [0.2, 0.25) is 0 Å². The Labute approximate surface area is 126 Å². The summed E-state index contributed by atoms with van der Waals surface area (Å²) in [4.78, 5) is 0. The molecule has 0 saturated carbocycles. The van der Waals surface area contributed by atoms with Gasteiger partial charge in [-0.2, -0.15) is 11.8 Å². The van der Waals surface area contributed by atoms with Gasteiger partial charge in [0, 0.05) is 22.7 Å². The van der Waals surface area contributed by atoms with Gasteiger partial charge in [-0.3, -0.25) is 0 Å². The fraction of sp³-hybridized carbons (Fsp3) is 0.529. The van der Waals surface area contributed by atoms with Crippen molar-refractivity contribution < 1.29 is 4.42 Å². The molecule has 3 heteroatoms. The Kier molecular flexibility index (Phi) is 5.55. The van der Waals surface area contributed by atoms with Crippen LogP contribution in [0.25, 0.3) is 11.0 Å². The largest absolute Gasteiger partial charge is 0.459 e. The number of para-hydroxylation sites is 1. The maximum absolute atomic E-state index is 6.11. The van der Waals surface area contributed by atoms with E-state index in [2.05, 4.69) is 50.5 Å². The van der Waals surface area contributed by atoms with Crippen molar-refractivity contribution in [3.63, 3.8) is 0 Å². The third-order valence-electron chi connectivity index (χ3n) is 3.82. The summed E-state index contributed by atoms with van der Waals surface area (Å²) in [7, 11) is 0. The molecule has 2 unspecified atom stereocenters.